The van der Waals surface area contributed by atoms with Crippen molar-refractivity contribution in [1.29, 1.82) is 0 Å². The summed E-state index contributed by atoms with van der Waals surface area (Å²) in [5.74, 6) is 0.993. The number of aliphatic hydroxyl groups excluding tert-OH is 1. The van der Waals surface area contributed by atoms with Gasteiger partial charge in [-0.15, -0.1) is 0 Å². The first kappa shape index (κ1) is 9.47. The van der Waals surface area contributed by atoms with E-state index in [0.29, 0.717) is 6.61 Å². The van der Waals surface area contributed by atoms with Crippen LogP contribution in [-0.4, -0.2) is 35.7 Å². The van der Waals surface area contributed by atoms with E-state index >= 15 is 0 Å². The number of fused-ring (bicyclic) bond motifs is 1. The predicted molar refractivity (Wildman–Crippen MR) is 53.6 cm³/mol. The van der Waals surface area contributed by atoms with Gasteiger partial charge in [0, 0.05) is 19.2 Å². The van der Waals surface area contributed by atoms with E-state index in [2.05, 4.69) is 4.90 Å². The standard InChI is InChI=1S/C11H21NO/c13-9-3-7-12-8-6-10-4-1-2-5-11(10)12/h10-11,13H,1-9H2. The first-order valence-corrected chi connectivity index (χ1v) is 5.76. The van der Waals surface area contributed by atoms with Crippen molar-refractivity contribution in [3.05, 3.63) is 0 Å². The molecule has 0 aromatic carbocycles. The number of hydrogen-bond acceptors (Lipinski definition) is 2. The van der Waals surface area contributed by atoms with Crippen LogP contribution in [0.25, 0.3) is 0 Å². The van der Waals surface area contributed by atoms with Crippen molar-refractivity contribution in [2.24, 2.45) is 5.92 Å². The van der Waals surface area contributed by atoms with Crippen molar-refractivity contribution in [2.75, 3.05) is 19.7 Å². The molecule has 2 heteroatoms. The number of rotatable bonds is 3. The molecule has 2 unspecified atom stereocenters. The predicted octanol–water partition coefficient (Wildman–Crippen LogP) is 1.63. The van der Waals surface area contributed by atoms with Gasteiger partial charge in [-0.05, 0) is 38.1 Å². The van der Waals surface area contributed by atoms with Gasteiger partial charge in [-0.2, -0.15) is 0 Å². The van der Waals surface area contributed by atoms with Crippen LogP contribution >= 0.6 is 0 Å². The van der Waals surface area contributed by atoms with E-state index in [1.807, 2.05) is 0 Å². The molecule has 2 aliphatic rings. The maximum Gasteiger partial charge on any atom is 0.0443 e. The second-order valence-electron chi connectivity index (χ2n) is 4.51. The lowest BCUT2D eigenvalue weighted by Gasteiger charge is -2.31. The van der Waals surface area contributed by atoms with E-state index in [0.717, 1.165) is 24.9 Å². The van der Waals surface area contributed by atoms with Gasteiger partial charge in [0.25, 0.3) is 0 Å². The van der Waals surface area contributed by atoms with Crippen molar-refractivity contribution in [1.82, 2.24) is 4.90 Å². The largest absolute Gasteiger partial charge is 0.396 e. The number of hydrogen-bond donors (Lipinski definition) is 1. The Bertz CT molecular complexity index is 160. The lowest BCUT2D eigenvalue weighted by Crippen LogP contribution is -2.35. The van der Waals surface area contributed by atoms with E-state index in [1.165, 1.54) is 38.6 Å². The molecule has 0 spiro atoms. The van der Waals surface area contributed by atoms with Gasteiger partial charge in [-0.25, -0.2) is 0 Å². The Labute approximate surface area is 80.9 Å². The highest BCUT2D eigenvalue weighted by Crippen LogP contribution is 2.35. The molecule has 0 aromatic rings. The van der Waals surface area contributed by atoms with Gasteiger partial charge in [-0.1, -0.05) is 12.8 Å². The van der Waals surface area contributed by atoms with Crippen molar-refractivity contribution in [3.63, 3.8) is 0 Å². The minimum atomic E-state index is 0.355. The summed E-state index contributed by atoms with van der Waals surface area (Å²) in [6.07, 6.45) is 8.13. The van der Waals surface area contributed by atoms with Crippen LogP contribution in [0.3, 0.4) is 0 Å². The maximum absolute atomic E-state index is 8.80. The third-order valence-electron chi connectivity index (χ3n) is 3.73. The molecule has 2 fully saturated rings. The summed E-state index contributed by atoms with van der Waals surface area (Å²) < 4.78 is 0. The molecule has 1 N–H and O–H groups in total. The quantitative estimate of drug-likeness (QED) is 0.719. The Hall–Kier alpha value is -0.0800. The van der Waals surface area contributed by atoms with Gasteiger partial charge < -0.3 is 10.0 Å². The SMILES string of the molecule is OCCCN1CCC2CCCCC21. The molecule has 1 aliphatic carbocycles. The lowest BCUT2D eigenvalue weighted by molar-refractivity contribution is 0.166. The molecule has 2 atom stereocenters. The average Bonchev–Trinajstić information content (AvgIpc) is 2.58. The van der Waals surface area contributed by atoms with Crippen LogP contribution in [0.1, 0.15) is 38.5 Å². The molecular formula is C11H21NO. The second kappa shape index (κ2) is 4.43. The van der Waals surface area contributed by atoms with Gasteiger partial charge in [0.1, 0.15) is 0 Å². The van der Waals surface area contributed by atoms with Crippen LogP contribution in [0.15, 0.2) is 0 Å². The molecule has 1 heterocycles. The lowest BCUT2D eigenvalue weighted by atomic mass is 9.85. The number of aliphatic hydroxyl groups is 1. The monoisotopic (exact) mass is 183 g/mol. The highest BCUT2D eigenvalue weighted by molar-refractivity contribution is 4.89. The summed E-state index contributed by atoms with van der Waals surface area (Å²) >= 11 is 0. The minimum absolute atomic E-state index is 0.355. The van der Waals surface area contributed by atoms with E-state index < -0.39 is 0 Å². The van der Waals surface area contributed by atoms with Crippen LogP contribution in [0.5, 0.6) is 0 Å². The van der Waals surface area contributed by atoms with E-state index in [-0.39, 0.29) is 0 Å². The summed E-state index contributed by atoms with van der Waals surface area (Å²) in [6.45, 7) is 2.76. The summed E-state index contributed by atoms with van der Waals surface area (Å²) in [6, 6.07) is 0.875. The Morgan fingerprint density at radius 3 is 2.85 bits per heavy atom. The fraction of sp³-hybridized carbons (Fsp3) is 1.00. The Morgan fingerprint density at radius 2 is 2.00 bits per heavy atom. The highest BCUT2D eigenvalue weighted by atomic mass is 16.3. The van der Waals surface area contributed by atoms with Crippen LogP contribution in [0.2, 0.25) is 0 Å². The molecule has 1 aliphatic heterocycles. The highest BCUT2D eigenvalue weighted by Gasteiger charge is 2.34. The van der Waals surface area contributed by atoms with Crippen molar-refractivity contribution in [3.8, 4) is 0 Å². The van der Waals surface area contributed by atoms with Crippen molar-refractivity contribution < 1.29 is 5.11 Å². The molecule has 0 bridgehead atoms. The van der Waals surface area contributed by atoms with Gasteiger partial charge in [0.05, 0.1) is 0 Å². The summed E-state index contributed by atoms with van der Waals surface area (Å²) in [4.78, 5) is 2.61. The fourth-order valence-corrected chi connectivity index (χ4v) is 3.05. The Morgan fingerprint density at radius 1 is 1.15 bits per heavy atom. The molecular weight excluding hydrogens is 162 g/mol. The topological polar surface area (TPSA) is 23.5 Å². The minimum Gasteiger partial charge on any atom is -0.396 e. The average molecular weight is 183 g/mol. The molecule has 0 radical (unpaired) electrons. The Balaban J connectivity index is 1.84. The van der Waals surface area contributed by atoms with Gasteiger partial charge in [-0.3, -0.25) is 0 Å². The fourth-order valence-electron chi connectivity index (χ4n) is 3.05. The van der Waals surface area contributed by atoms with Crippen LogP contribution < -0.4 is 0 Å². The van der Waals surface area contributed by atoms with Crippen LogP contribution in [0.4, 0.5) is 0 Å². The van der Waals surface area contributed by atoms with Gasteiger partial charge >= 0.3 is 0 Å². The first-order chi connectivity index (χ1) is 6.42. The first-order valence-electron chi connectivity index (χ1n) is 5.76. The summed E-state index contributed by atoms with van der Waals surface area (Å²) in [5, 5.41) is 8.80. The molecule has 2 nitrogen and oxygen atoms in total. The normalized spacial score (nSPS) is 34.8. The molecule has 0 aromatic heterocycles. The molecule has 0 amide bonds. The van der Waals surface area contributed by atoms with E-state index in [1.54, 1.807) is 0 Å². The third-order valence-corrected chi connectivity index (χ3v) is 3.73. The zero-order valence-corrected chi connectivity index (χ0v) is 8.41. The summed E-state index contributed by atoms with van der Waals surface area (Å²) in [5.41, 5.74) is 0. The zero-order chi connectivity index (χ0) is 9.10. The smallest absolute Gasteiger partial charge is 0.0443 e. The van der Waals surface area contributed by atoms with E-state index in [4.69, 9.17) is 5.11 Å². The van der Waals surface area contributed by atoms with Crippen LogP contribution in [0, 0.1) is 5.92 Å². The van der Waals surface area contributed by atoms with Crippen LogP contribution in [-0.2, 0) is 0 Å². The Kier molecular flexibility index (Phi) is 3.23. The third kappa shape index (κ3) is 2.05. The number of nitrogens with zero attached hydrogens (tertiary/aromatic N) is 1. The van der Waals surface area contributed by atoms with Crippen molar-refractivity contribution >= 4 is 0 Å². The zero-order valence-electron chi connectivity index (χ0n) is 8.41. The maximum atomic E-state index is 8.80. The van der Waals surface area contributed by atoms with Gasteiger partial charge in [0.15, 0.2) is 0 Å². The van der Waals surface area contributed by atoms with Gasteiger partial charge in [0.2, 0.25) is 0 Å². The van der Waals surface area contributed by atoms with Crippen molar-refractivity contribution in [2.45, 2.75) is 44.6 Å². The molecule has 1 saturated heterocycles. The molecule has 76 valence electrons. The molecule has 2 rings (SSSR count). The second-order valence-corrected chi connectivity index (χ2v) is 4.51. The van der Waals surface area contributed by atoms with E-state index in [9.17, 15) is 0 Å². The molecule has 13 heavy (non-hydrogen) atoms. The molecule has 1 saturated carbocycles. The summed E-state index contributed by atoms with van der Waals surface area (Å²) in [7, 11) is 0. The number of likely N-dealkylation sites (tertiary alicyclic amines) is 1.